The van der Waals surface area contributed by atoms with Crippen molar-refractivity contribution in [2.24, 2.45) is 0 Å². The molecule has 0 bridgehead atoms. The number of hydrogen-bond donors (Lipinski definition) is 1. The summed E-state index contributed by atoms with van der Waals surface area (Å²) in [4.78, 5) is 18.1. The van der Waals surface area contributed by atoms with Crippen molar-refractivity contribution >= 4 is 17.7 Å². The first-order valence-electron chi connectivity index (χ1n) is 8.16. The average molecular weight is 355 g/mol. The van der Waals surface area contributed by atoms with Crippen LogP contribution in [0, 0.1) is 0 Å². The fourth-order valence-electron chi connectivity index (χ4n) is 3.31. The summed E-state index contributed by atoms with van der Waals surface area (Å²) in [5, 5.41) is 9.67. The first kappa shape index (κ1) is 17.3. The number of piperidine rings is 1. The van der Waals surface area contributed by atoms with E-state index < -0.39 is 5.60 Å². The molecule has 1 spiro atoms. The van der Waals surface area contributed by atoms with Crippen LogP contribution in [-0.4, -0.2) is 46.4 Å². The van der Waals surface area contributed by atoms with E-state index in [4.69, 9.17) is 21.1 Å². The van der Waals surface area contributed by atoms with Crippen LogP contribution in [0.1, 0.15) is 44.9 Å². The molecule has 2 aliphatic heterocycles. The highest BCUT2D eigenvalue weighted by Crippen LogP contribution is 2.48. The Balaban J connectivity index is 1.76. The van der Waals surface area contributed by atoms with Gasteiger partial charge in [0.25, 0.3) is 0 Å². The number of pyridine rings is 1. The molecule has 7 heteroatoms. The molecule has 1 saturated heterocycles. The van der Waals surface area contributed by atoms with Crippen LogP contribution in [0.25, 0.3) is 0 Å². The Morgan fingerprint density at radius 3 is 2.71 bits per heavy atom. The van der Waals surface area contributed by atoms with E-state index in [1.54, 1.807) is 4.90 Å². The first-order valence-corrected chi connectivity index (χ1v) is 8.53. The molecule has 0 radical (unpaired) electrons. The number of rotatable bonds is 1. The molecule has 2 aliphatic rings. The quantitative estimate of drug-likeness (QED) is 0.785. The van der Waals surface area contributed by atoms with E-state index in [2.05, 4.69) is 4.98 Å². The maximum absolute atomic E-state index is 12.2. The number of ether oxygens (including phenoxy) is 2. The molecule has 1 fully saturated rings. The Hall–Kier alpha value is -1.53. The normalized spacial score (nSPS) is 19.1. The van der Waals surface area contributed by atoms with Crippen LogP contribution in [0.2, 0.25) is 5.15 Å². The van der Waals surface area contributed by atoms with E-state index in [1.807, 2.05) is 26.8 Å². The largest absolute Gasteiger partial charge is 0.489 e. The van der Waals surface area contributed by atoms with Crippen molar-refractivity contribution in [2.45, 2.75) is 51.2 Å². The molecular weight excluding hydrogens is 332 g/mol. The van der Waals surface area contributed by atoms with Crippen LogP contribution in [0.4, 0.5) is 4.79 Å². The van der Waals surface area contributed by atoms with Crippen molar-refractivity contribution in [3.8, 4) is 5.75 Å². The van der Waals surface area contributed by atoms with Gasteiger partial charge in [0.2, 0.25) is 0 Å². The second kappa shape index (κ2) is 6.08. The number of hydrogen-bond acceptors (Lipinski definition) is 5. The van der Waals surface area contributed by atoms with Crippen molar-refractivity contribution in [1.29, 1.82) is 0 Å². The lowest BCUT2D eigenvalue weighted by Crippen LogP contribution is -2.47. The standard InChI is InChI=1S/C17H23ClN2O4/c1-16(2,3)24-15(22)20-6-4-17(5-7-20)10-23-13-12(17)8-11(9-21)19-14(13)18/h8,21H,4-7,9-10H2,1-3H3. The maximum Gasteiger partial charge on any atom is 0.410 e. The molecule has 0 aliphatic carbocycles. The van der Waals surface area contributed by atoms with Gasteiger partial charge in [0.05, 0.1) is 18.9 Å². The Labute approximate surface area is 146 Å². The second-order valence-corrected chi connectivity index (χ2v) is 7.83. The topological polar surface area (TPSA) is 71.9 Å². The SMILES string of the molecule is CC(C)(C)OC(=O)N1CCC2(CC1)COc1c2cc(CO)nc1Cl. The molecule has 0 aromatic carbocycles. The molecule has 0 unspecified atom stereocenters. The Morgan fingerprint density at radius 2 is 2.12 bits per heavy atom. The molecule has 1 amide bonds. The third-order valence-corrected chi connectivity index (χ3v) is 4.84. The number of carbonyl (C=O) groups excluding carboxylic acids is 1. The Morgan fingerprint density at radius 1 is 1.46 bits per heavy atom. The van der Waals surface area contributed by atoms with Crippen LogP contribution in [-0.2, 0) is 16.8 Å². The minimum atomic E-state index is -0.496. The molecule has 0 atom stereocenters. The van der Waals surface area contributed by atoms with Gasteiger partial charge in [0, 0.05) is 24.1 Å². The number of likely N-dealkylation sites (tertiary alicyclic amines) is 1. The van der Waals surface area contributed by atoms with Gasteiger partial charge < -0.3 is 19.5 Å². The summed E-state index contributed by atoms with van der Waals surface area (Å²) in [6.45, 7) is 7.17. The van der Waals surface area contributed by atoms with Crippen LogP contribution in [0.15, 0.2) is 6.07 Å². The molecule has 1 aromatic rings. The summed E-state index contributed by atoms with van der Waals surface area (Å²) in [5.41, 5.74) is 0.864. The second-order valence-electron chi connectivity index (χ2n) is 7.48. The predicted octanol–water partition coefficient (Wildman–Crippen LogP) is 2.89. The number of fused-ring (bicyclic) bond motifs is 2. The first-order chi connectivity index (χ1) is 11.2. The molecule has 3 rings (SSSR count). The number of aromatic nitrogens is 1. The molecule has 1 aromatic heterocycles. The highest BCUT2D eigenvalue weighted by Gasteiger charge is 2.45. The van der Waals surface area contributed by atoms with Crippen molar-refractivity contribution in [1.82, 2.24) is 9.88 Å². The molecule has 132 valence electrons. The summed E-state index contributed by atoms with van der Waals surface area (Å²) >= 11 is 6.18. The van der Waals surface area contributed by atoms with Gasteiger partial charge in [-0.25, -0.2) is 9.78 Å². The van der Waals surface area contributed by atoms with Crippen LogP contribution in [0.3, 0.4) is 0 Å². The zero-order valence-corrected chi connectivity index (χ0v) is 15.0. The van der Waals surface area contributed by atoms with Crippen LogP contribution in [0.5, 0.6) is 5.75 Å². The van der Waals surface area contributed by atoms with Crippen molar-refractivity contribution in [3.05, 3.63) is 22.5 Å². The Bertz CT molecular complexity index is 649. The summed E-state index contributed by atoms with van der Waals surface area (Å²) < 4.78 is 11.2. The summed E-state index contributed by atoms with van der Waals surface area (Å²) in [6.07, 6.45) is 1.26. The van der Waals surface area contributed by atoms with E-state index in [0.29, 0.717) is 36.3 Å². The number of nitrogens with zero attached hydrogens (tertiary/aromatic N) is 2. The molecule has 6 nitrogen and oxygen atoms in total. The summed E-state index contributed by atoms with van der Waals surface area (Å²) in [5.74, 6) is 0.611. The zero-order chi connectivity index (χ0) is 17.5. The fourth-order valence-corrected chi connectivity index (χ4v) is 3.58. The van der Waals surface area contributed by atoms with Crippen molar-refractivity contribution in [2.75, 3.05) is 19.7 Å². The number of carbonyl (C=O) groups is 1. The van der Waals surface area contributed by atoms with Gasteiger partial charge in [-0.3, -0.25) is 0 Å². The van der Waals surface area contributed by atoms with E-state index in [1.165, 1.54) is 0 Å². The predicted molar refractivity (Wildman–Crippen MR) is 89.4 cm³/mol. The fraction of sp³-hybridized carbons (Fsp3) is 0.647. The van der Waals surface area contributed by atoms with E-state index >= 15 is 0 Å². The van der Waals surface area contributed by atoms with E-state index in [-0.39, 0.29) is 18.1 Å². The van der Waals surface area contributed by atoms with Crippen molar-refractivity contribution in [3.63, 3.8) is 0 Å². The lowest BCUT2D eigenvalue weighted by atomic mass is 9.74. The molecule has 24 heavy (non-hydrogen) atoms. The molecule has 1 N–H and O–H groups in total. The monoisotopic (exact) mass is 354 g/mol. The summed E-state index contributed by atoms with van der Waals surface area (Å²) in [6, 6.07) is 1.87. The van der Waals surface area contributed by atoms with E-state index in [9.17, 15) is 9.90 Å². The van der Waals surface area contributed by atoms with Gasteiger partial charge >= 0.3 is 6.09 Å². The highest BCUT2D eigenvalue weighted by atomic mass is 35.5. The number of aliphatic hydroxyl groups is 1. The number of aliphatic hydroxyl groups excluding tert-OH is 1. The third kappa shape index (κ3) is 3.17. The van der Waals surface area contributed by atoms with Gasteiger partial charge in [-0.15, -0.1) is 0 Å². The zero-order valence-electron chi connectivity index (χ0n) is 14.3. The van der Waals surface area contributed by atoms with Gasteiger partial charge in [-0.05, 0) is 39.7 Å². The van der Waals surface area contributed by atoms with Gasteiger partial charge in [-0.1, -0.05) is 11.6 Å². The minimum Gasteiger partial charge on any atom is -0.489 e. The molecule has 3 heterocycles. The average Bonchev–Trinajstić information content (AvgIpc) is 2.85. The van der Waals surface area contributed by atoms with Gasteiger partial charge in [0.1, 0.15) is 5.60 Å². The highest BCUT2D eigenvalue weighted by molar-refractivity contribution is 6.31. The maximum atomic E-state index is 12.2. The summed E-state index contributed by atoms with van der Waals surface area (Å²) in [7, 11) is 0. The van der Waals surface area contributed by atoms with Gasteiger partial charge in [0.15, 0.2) is 10.9 Å². The smallest absolute Gasteiger partial charge is 0.410 e. The van der Waals surface area contributed by atoms with Crippen LogP contribution >= 0.6 is 11.6 Å². The van der Waals surface area contributed by atoms with Gasteiger partial charge in [-0.2, -0.15) is 0 Å². The number of halogens is 1. The third-order valence-electron chi connectivity index (χ3n) is 4.58. The van der Waals surface area contributed by atoms with Crippen LogP contribution < -0.4 is 4.74 Å². The lowest BCUT2D eigenvalue weighted by Gasteiger charge is -2.38. The Kier molecular flexibility index (Phi) is 4.38. The minimum absolute atomic E-state index is 0.160. The van der Waals surface area contributed by atoms with E-state index in [0.717, 1.165) is 18.4 Å². The molecular formula is C17H23ClN2O4. The molecule has 0 saturated carbocycles. The van der Waals surface area contributed by atoms with Crippen molar-refractivity contribution < 1.29 is 19.4 Å². The lowest BCUT2D eigenvalue weighted by molar-refractivity contribution is 0.0152. The number of amides is 1.